The van der Waals surface area contributed by atoms with Crippen molar-refractivity contribution in [3.8, 4) is 5.75 Å². The molecule has 0 saturated carbocycles. The van der Waals surface area contributed by atoms with Crippen molar-refractivity contribution < 1.29 is 19.4 Å². The van der Waals surface area contributed by atoms with Gasteiger partial charge in [0.05, 0.1) is 20.6 Å². The number of hydrogen-bond acceptors (Lipinski definition) is 5. The summed E-state index contributed by atoms with van der Waals surface area (Å²) in [5, 5.41) is 12.2. The lowest BCUT2D eigenvalue weighted by atomic mass is 10.1. The van der Waals surface area contributed by atoms with E-state index in [0.717, 1.165) is 20.1 Å². The molecule has 0 radical (unpaired) electrons. The molecular weight excluding hydrogens is 572 g/mol. The molecule has 2 N–H and O–H groups in total. The summed E-state index contributed by atoms with van der Waals surface area (Å²) in [5.41, 5.74) is 2.48. The van der Waals surface area contributed by atoms with Gasteiger partial charge in [0.25, 0.3) is 5.91 Å². The van der Waals surface area contributed by atoms with Crippen LogP contribution in [0.5, 0.6) is 5.75 Å². The van der Waals surface area contributed by atoms with Gasteiger partial charge in [-0.1, -0.05) is 46.3 Å². The number of rotatable bonds is 6. The second-order valence-electron chi connectivity index (χ2n) is 6.91. The van der Waals surface area contributed by atoms with Crippen molar-refractivity contribution in [2.75, 3.05) is 0 Å². The third kappa shape index (κ3) is 5.93. The summed E-state index contributed by atoms with van der Waals surface area (Å²) in [4.78, 5) is 28.4. The van der Waals surface area contributed by atoms with E-state index < -0.39 is 5.97 Å². The topological polar surface area (TPSA) is 88.0 Å². The fourth-order valence-electron chi connectivity index (χ4n) is 2.99. The van der Waals surface area contributed by atoms with Crippen LogP contribution in [0.3, 0.4) is 0 Å². The number of aliphatic imine (C=N–C) groups is 1. The van der Waals surface area contributed by atoms with E-state index in [1.54, 1.807) is 18.2 Å². The van der Waals surface area contributed by atoms with Gasteiger partial charge in [-0.3, -0.25) is 4.79 Å². The summed E-state index contributed by atoms with van der Waals surface area (Å²) < 4.78 is 7.67. The molecule has 3 aromatic carbocycles. The van der Waals surface area contributed by atoms with Crippen LogP contribution in [0.2, 0.25) is 0 Å². The first-order valence-corrected chi connectivity index (χ1v) is 12.1. The summed E-state index contributed by atoms with van der Waals surface area (Å²) in [5.74, 6) is -0.656. The largest absolute Gasteiger partial charge is 0.487 e. The SMILES string of the molecule is O=C1NC(=Nc2ccc(C(=O)O)cc2)S/C1=C\c1cc(Br)cc(Br)c1OCc1ccccc1. The zero-order valence-electron chi connectivity index (χ0n) is 16.9. The molecular formula is C24H16Br2N2O4S. The summed E-state index contributed by atoms with van der Waals surface area (Å²) in [6.45, 7) is 0.385. The lowest BCUT2D eigenvalue weighted by Gasteiger charge is -2.12. The predicted molar refractivity (Wildman–Crippen MR) is 137 cm³/mol. The van der Waals surface area contributed by atoms with Gasteiger partial charge in [0.2, 0.25) is 0 Å². The zero-order valence-corrected chi connectivity index (χ0v) is 20.9. The van der Waals surface area contributed by atoms with Gasteiger partial charge in [-0.05, 0) is 75.7 Å². The molecule has 4 rings (SSSR count). The number of amides is 1. The van der Waals surface area contributed by atoms with Gasteiger partial charge in [0, 0.05) is 10.0 Å². The highest BCUT2D eigenvalue weighted by Crippen LogP contribution is 2.37. The van der Waals surface area contributed by atoms with Gasteiger partial charge >= 0.3 is 5.97 Å². The zero-order chi connectivity index (χ0) is 23.4. The number of carbonyl (C=O) groups excluding carboxylic acids is 1. The Hall–Kier alpha value is -2.88. The number of halogens is 2. The Bertz CT molecular complexity index is 1280. The highest BCUT2D eigenvalue weighted by Gasteiger charge is 2.25. The standard InChI is InChI=1S/C24H16Br2N2O4S/c25-17-10-16(21(19(26)12-17)32-13-14-4-2-1-3-5-14)11-20-22(29)28-24(33-20)27-18-8-6-15(7-9-18)23(30)31/h1-12H,13H2,(H,30,31)(H,27,28,29)/b20-11-. The first-order valence-electron chi connectivity index (χ1n) is 9.68. The summed E-state index contributed by atoms with van der Waals surface area (Å²) in [6, 6.07) is 19.7. The molecule has 1 fully saturated rings. The number of carboxylic acids is 1. The van der Waals surface area contributed by atoms with E-state index in [-0.39, 0.29) is 11.5 Å². The van der Waals surface area contributed by atoms with Crippen LogP contribution in [-0.4, -0.2) is 22.2 Å². The van der Waals surface area contributed by atoms with Crippen molar-refractivity contribution in [2.45, 2.75) is 6.61 Å². The van der Waals surface area contributed by atoms with Crippen LogP contribution in [0, 0.1) is 0 Å². The molecule has 0 unspecified atom stereocenters. The minimum Gasteiger partial charge on any atom is -0.487 e. The smallest absolute Gasteiger partial charge is 0.335 e. The predicted octanol–water partition coefficient (Wildman–Crippen LogP) is 6.38. The Labute approximate surface area is 211 Å². The van der Waals surface area contributed by atoms with Crippen molar-refractivity contribution in [1.82, 2.24) is 5.32 Å². The second-order valence-corrected chi connectivity index (χ2v) is 9.71. The van der Waals surface area contributed by atoms with E-state index in [1.165, 1.54) is 23.9 Å². The first kappa shape index (κ1) is 23.3. The molecule has 1 amide bonds. The normalized spacial score (nSPS) is 15.6. The minimum atomic E-state index is -1.01. The third-order valence-corrected chi connectivity index (χ3v) is 6.50. The average molecular weight is 588 g/mol. The molecule has 33 heavy (non-hydrogen) atoms. The Morgan fingerprint density at radius 1 is 1.09 bits per heavy atom. The molecule has 9 heteroatoms. The van der Waals surface area contributed by atoms with E-state index in [9.17, 15) is 9.59 Å². The molecule has 1 heterocycles. The van der Waals surface area contributed by atoms with Crippen LogP contribution in [-0.2, 0) is 11.4 Å². The molecule has 6 nitrogen and oxygen atoms in total. The van der Waals surface area contributed by atoms with Crippen molar-refractivity contribution in [1.29, 1.82) is 0 Å². The van der Waals surface area contributed by atoms with E-state index in [1.807, 2.05) is 42.5 Å². The van der Waals surface area contributed by atoms with Gasteiger partial charge in [-0.15, -0.1) is 0 Å². The van der Waals surface area contributed by atoms with Crippen LogP contribution in [0.1, 0.15) is 21.5 Å². The summed E-state index contributed by atoms with van der Waals surface area (Å²) >= 11 is 8.24. The highest BCUT2D eigenvalue weighted by molar-refractivity contribution is 9.11. The van der Waals surface area contributed by atoms with E-state index in [0.29, 0.717) is 28.1 Å². The van der Waals surface area contributed by atoms with Crippen LogP contribution >= 0.6 is 43.6 Å². The Balaban J connectivity index is 1.58. The monoisotopic (exact) mass is 586 g/mol. The van der Waals surface area contributed by atoms with E-state index in [2.05, 4.69) is 42.2 Å². The van der Waals surface area contributed by atoms with Crippen molar-refractivity contribution in [3.05, 3.63) is 97.3 Å². The molecule has 166 valence electrons. The lowest BCUT2D eigenvalue weighted by Crippen LogP contribution is -2.19. The Kier molecular flexibility index (Phi) is 7.32. The summed E-state index contributed by atoms with van der Waals surface area (Å²) in [6.07, 6.45) is 1.76. The van der Waals surface area contributed by atoms with Crippen LogP contribution < -0.4 is 10.1 Å². The minimum absolute atomic E-state index is 0.172. The number of hydrogen-bond donors (Lipinski definition) is 2. The van der Waals surface area contributed by atoms with Gasteiger partial charge in [-0.2, -0.15) is 0 Å². The van der Waals surface area contributed by atoms with Gasteiger partial charge < -0.3 is 15.2 Å². The van der Waals surface area contributed by atoms with Gasteiger partial charge in [-0.25, -0.2) is 9.79 Å². The van der Waals surface area contributed by atoms with Crippen molar-refractivity contribution >= 4 is 72.4 Å². The quantitative estimate of drug-likeness (QED) is 0.327. The number of benzene rings is 3. The molecule has 0 aliphatic carbocycles. The third-order valence-electron chi connectivity index (χ3n) is 4.55. The maximum absolute atomic E-state index is 12.6. The highest BCUT2D eigenvalue weighted by atomic mass is 79.9. The molecule has 0 spiro atoms. The van der Waals surface area contributed by atoms with E-state index in [4.69, 9.17) is 9.84 Å². The van der Waals surface area contributed by atoms with Crippen LogP contribution in [0.15, 0.2) is 85.6 Å². The van der Waals surface area contributed by atoms with E-state index >= 15 is 0 Å². The fourth-order valence-corrected chi connectivity index (χ4v) is 5.19. The maximum Gasteiger partial charge on any atom is 0.335 e. The number of nitrogens with one attached hydrogen (secondary N) is 1. The maximum atomic E-state index is 12.6. The van der Waals surface area contributed by atoms with Crippen molar-refractivity contribution in [3.63, 3.8) is 0 Å². The van der Waals surface area contributed by atoms with Gasteiger partial charge in [0.1, 0.15) is 12.4 Å². The lowest BCUT2D eigenvalue weighted by molar-refractivity contribution is -0.115. The number of carbonyl (C=O) groups is 2. The fraction of sp³-hybridized carbons (Fsp3) is 0.0417. The Morgan fingerprint density at radius 2 is 1.82 bits per heavy atom. The van der Waals surface area contributed by atoms with Crippen LogP contribution in [0.25, 0.3) is 6.08 Å². The first-order chi connectivity index (χ1) is 15.9. The summed E-state index contributed by atoms with van der Waals surface area (Å²) in [7, 11) is 0. The Morgan fingerprint density at radius 3 is 2.52 bits per heavy atom. The number of thioether (sulfide) groups is 1. The number of ether oxygens (including phenoxy) is 1. The number of carboxylic acid groups (broad SMARTS) is 1. The molecule has 1 aliphatic heterocycles. The molecule has 0 aromatic heterocycles. The number of nitrogens with zero attached hydrogens (tertiary/aromatic N) is 1. The van der Waals surface area contributed by atoms with Gasteiger partial charge in [0.15, 0.2) is 5.17 Å². The second kappa shape index (κ2) is 10.4. The van der Waals surface area contributed by atoms with Crippen molar-refractivity contribution in [2.24, 2.45) is 4.99 Å². The molecule has 0 bridgehead atoms. The molecule has 1 aliphatic rings. The molecule has 3 aromatic rings. The number of aromatic carboxylic acids is 1. The number of amidine groups is 1. The molecule has 1 saturated heterocycles. The van der Waals surface area contributed by atoms with Crippen LogP contribution in [0.4, 0.5) is 5.69 Å². The average Bonchev–Trinajstić information content (AvgIpc) is 3.12. The molecule has 0 atom stereocenters.